The van der Waals surface area contributed by atoms with Gasteiger partial charge in [-0.2, -0.15) is 0 Å². The lowest BCUT2D eigenvalue weighted by Crippen LogP contribution is -2.49. The Morgan fingerprint density at radius 2 is 2.43 bits per heavy atom. The fourth-order valence-corrected chi connectivity index (χ4v) is 4.13. The predicted octanol–water partition coefficient (Wildman–Crippen LogP) is 1.35. The van der Waals surface area contributed by atoms with E-state index >= 15 is 0 Å². The first-order valence-corrected chi connectivity index (χ1v) is 8.78. The van der Waals surface area contributed by atoms with Crippen LogP contribution < -0.4 is 0 Å². The van der Waals surface area contributed by atoms with E-state index in [1.54, 1.807) is 17.5 Å². The molecule has 2 atom stereocenters. The van der Waals surface area contributed by atoms with Crippen LogP contribution in [0.25, 0.3) is 0 Å². The first-order valence-electron chi connectivity index (χ1n) is 7.90. The van der Waals surface area contributed by atoms with Gasteiger partial charge in [0.15, 0.2) is 0 Å². The molecule has 1 fully saturated rings. The summed E-state index contributed by atoms with van der Waals surface area (Å²) in [6, 6.07) is 0.0871. The summed E-state index contributed by atoms with van der Waals surface area (Å²) < 4.78 is 7.82. The lowest BCUT2D eigenvalue weighted by Gasteiger charge is -2.41. The first-order chi connectivity index (χ1) is 11.2. The summed E-state index contributed by atoms with van der Waals surface area (Å²) in [6.07, 6.45) is 4.03. The predicted molar refractivity (Wildman–Crippen MR) is 84.0 cm³/mol. The fraction of sp³-hybridized carbons (Fsp3) is 0.600. The minimum atomic E-state index is 0.0871. The Balaban J connectivity index is 1.41. The molecule has 2 aliphatic rings. The number of fused-ring (bicyclic) bond motifs is 3. The number of hydrogen-bond acceptors (Lipinski definition) is 6. The zero-order valence-electron chi connectivity index (χ0n) is 13.0. The molecule has 23 heavy (non-hydrogen) atoms. The SMILES string of the molecule is Cc1ncsc1CCC(=O)N1CC[C@@H]2OCc3cnnn3[C@@H]2C1. The van der Waals surface area contributed by atoms with Gasteiger partial charge in [0.2, 0.25) is 5.91 Å². The van der Waals surface area contributed by atoms with Crippen LogP contribution >= 0.6 is 11.3 Å². The number of aromatic nitrogens is 4. The normalized spacial score (nSPS) is 23.4. The van der Waals surface area contributed by atoms with Gasteiger partial charge in [-0.1, -0.05) is 5.21 Å². The molecule has 0 radical (unpaired) electrons. The Morgan fingerprint density at radius 1 is 1.52 bits per heavy atom. The average molecular weight is 333 g/mol. The summed E-state index contributed by atoms with van der Waals surface area (Å²) in [4.78, 5) is 19.9. The van der Waals surface area contributed by atoms with Crippen molar-refractivity contribution in [3.8, 4) is 0 Å². The summed E-state index contributed by atoms with van der Waals surface area (Å²) in [5, 5.41) is 8.14. The summed E-state index contributed by atoms with van der Waals surface area (Å²) in [6.45, 7) is 3.97. The van der Waals surface area contributed by atoms with E-state index in [4.69, 9.17) is 4.74 Å². The zero-order valence-corrected chi connectivity index (χ0v) is 13.8. The number of likely N-dealkylation sites (tertiary alicyclic amines) is 1. The van der Waals surface area contributed by atoms with Gasteiger partial charge >= 0.3 is 0 Å². The van der Waals surface area contributed by atoms with Gasteiger partial charge in [0.05, 0.1) is 41.8 Å². The molecule has 122 valence electrons. The molecule has 8 heteroatoms. The topological polar surface area (TPSA) is 73.1 Å². The van der Waals surface area contributed by atoms with Crippen molar-refractivity contribution in [3.05, 3.63) is 28.0 Å². The third-order valence-corrected chi connectivity index (χ3v) is 5.69. The van der Waals surface area contributed by atoms with Crippen LogP contribution in [0.15, 0.2) is 11.7 Å². The van der Waals surface area contributed by atoms with Gasteiger partial charge in [-0.15, -0.1) is 16.4 Å². The van der Waals surface area contributed by atoms with Gasteiger partial charge in [0.1, 0.15) is 0 Å². The van der Waals surface area contributed by atoms with Gasteiger partial charge in [0, 0.05) is 24.4 Å². The largest absolute Gasteiger partial charge is 0.370 e. The number of carbonyl (C=O) groups is 1. The molecular formula is C15H19N5O2S. The van der Waals surface area contributed by atoms with Crippen molar-refractivity contribution in [1.82, 2.24) is 24.9 Å². The Morgan fingerprint density at radius 3 is 3.26 bits per heavy atom. The molecule has 0 unspecified atom stereocenters. The monoisotopic (exact) mass is 333 g/mol. The molecule has 0 aliphatic carbocycles. The van der Waals surface area contributed by atoms with Crippen molar-refractivity contribution in [2.75, 3.05) is 13.1 Å². The van der Waals surface area contributed by atoms with Crippen molar-refractivity contribution >= 4 is 17.2 Å². The van der Waals surface area contributed by atoms with Crippen LogP contribution in [-0.4, -0.2) is 50.0 Å². The lowest BCUT2D eigenvalue weighted by atomic mass is 10.00. The van der Waals surface area contributed by atoms with E-state index in [9.17, 15) is 4.79 Å². The maximum Gasteiger partial charge on any atom is 0.223 e. The molecule has 4 heterocycles. The third-order valence-electron chi connectivity index (χ3n) is 4.69. The summed E-state index contributed by atoms with van der Waals surface area (Å²) in [5.74, 6) is 0.198. The van der Waals surface area contributed by atoms with Crippen molar-refractivity contribution in [1.29, 1.82) is 0 Å². The number of piperidine rings is 1. The van der Waals surface area contributed by atoms with E-state index in [1.807, 2.05) is 22.0 Å². The standard InChI is InChI=1S/C15H19N5O2S/c1-10-14(23-9-16-10)2-3-15(21)19-5-4-13-12(7-19)20-11(8-22-13)6-17-18-20/h6,9,12-13H,2-5,7-8H2,1H3/t12-,13+/m1/s1. The Hall–Kier alpha value is -1.80. The molecule has 0 aromatic carbocycles. The molecule has 0 spiro atoms. The second kappa shape index (κ2) is 6.01. The summed E-state index contributed by atoms with van der Waals surface area (Å²) >= 11 is 1.62. The van der Waals surface area contributed by atoms with Crippen LogP contribution in [0.2, 0.25) is 0 Å². The van der Waals surface area contributed by atoms with Gasteiger partial charge in [0.25, 0.3) is 0 Å². The van der Waals surface area contributed by atoms with E-state index in [0.29, 0.717) is 19.6 Å². The van der Waals surface area contributed by atoms with Crippen molar-refractivity contribution in [3.63, 3.8) is 0 Å². The second-order valence-corrected chi connectivity index (χ2v) is 7.02. The molecule has 7 nitrogen and oxygen atoms in total. The zero-order chi connectivity index (χ0) is 15.8. The summed E-state index contributed by atoms with van der Waals surface area (Å²) in [7, 11) is 0. The van der Waals surface area contributed by atoms with E-state index in [2.05, 4.69) is 15.3 Å². The number of carbonyl (C=O) groups excluding carboxylic acids is 1. The van der Waals surface area contributed by atoms with Gasteiger partial charge < -0.3 is 9.64 Å². The number of amides is 1. The van der Waals surface area contributed by atoms with Crippen LogP contribution in [0.4, 0.5) is 0 Å². The highest BCUT2D eigenvalue weighted by Crippen LogP contribution is 2.30. The molecule has 2 aliphatic heterocycles. The molecule has 2 aromatic rings. The Labute approximate surface area is 138 Å². The minimum absolute atomic E-state index is 0.0871. The van der Waals surface area contributed by atoms with E-state index in [1.165, 1.54) is 4.88 Å². The van der Waals surface area contributed by atoms with Gasteiger partial charge in [-0.05, 0) is 19.8 Å². The number of nitrogens with zero attached hydrogens (tertiary/aromatic N) is 5. The molecule has 2 aromatic heterocycles. The van der Waals surface area contributed by atoms with Crippen LogP contribution in [0.5, 0.6) is 0 Å². The quantitative estimate of drug-likeness (QED) is 0.848. The minimum Gasteiger partial charge on any atom is -0.370 e. The molecule has 0 bridgehead atoms. The van der Waals surface area contributed by atoms with Crippen LogP contribution in [-0.2, 0) is 22.6 Å². The fourth-order valence-electron chi connectivity index (χ4n) is 3.35. The van der Waals surface area contributed by atoms with E-state index in [-0.39, 0.29) is 18.1 Å². The van der Waals surface area contributed by atoms with Crippen LogP contribution in [0, 0.1) is 6.92 Å². The highest BCUT2D eigenvalue weighted by atomic mass is 32.1. The number of rotatable bonds is 3. The number of hydrogen-bond donors (Lipinski definition) is 0. The van der Waals surface area contributed by atoms with E-state index in [0.717, 1.165) is 30.8 Å². The van der Waals surface area contributed by atoms with E-state index < -0.39 is 0 Å². The maximum absolute atomic E-state index is 12.6. The number of aryl methyl sites for hydroxylation is 2. The first kappa shape index (κ1) is 14.8. The van der Waals surface area contributed by atoms with Crippen LogP contribution in [0.3, 0.4) is 0 Å². The number of ether oxygens (including phenoxy) is 1. The van der Waals surface area contributed by atoms with Crippen molar-refractivity contribution in [2.45, 2.75) is 44.9 Å². The Bertz CT molecular complexity index is 712. The Kier molecular flexibility index (Phi) is 3.86. The highest BCUT2D eigenvalue weighted by Gasteiger charge is 2.37. The molecule has 1 saturated heterocycles. The smallest absolute Gasteiger partial charge is 0.223 e. The number of thiazole rings is 1. The third kappa shape index (κ3) is 2.76. The molecule has 1 amide bonds. The summed E-state index contributed by atoms with van der Waals surface area (Å²) in [5.41, 5.74) is 3.86. The van der Waals surface area contributed by atoms with Crippen molar-refractivity contribution < 1.29 is 9.53 Å². The highest BCUT2D eigenvalue weighted by molar-refractivity contribution is 7.09. The van der Waals surface area contributed by atoms with Crippen molar-refractivity contribution in [2.24, 2.45) is 0 Å². The van der Waals surface area contributed by atoms with Gasteiger partial charge in [-0.3, -0.25) is 4.79 Å². The molecule has 0 N–H and O–H groups in total. The molecular weight excluding hydrogens is 314 g/mol. The average Bonchev–Trinajstić information content (AvgIpc) is 3.20. The molecule has 4 rings (SSSR count). The van der Waals surface area contributed by atoms with Crippen LogP contribution in [0.1, 0.15) is 35.1 Å². The maximum atomic E-state index is 12.6. The second-order valence-electron chi connectivity index (χ2n) is 6.08. The molecule has 0 saturated carbocycles. The van der Waals surface area contributed by atoms with Gasteiger partial charge in [-0.25, -0.2) is 9.67 Å². The lowest BCUT2D eigenvalue weighted by molar-refractivity contribution is -0.138.